The maximum absolute atomic E-state index is 13.7. The van der Waals surface area contributed by atoms with Gasteiger partial charge in [-0.2, -0.15) is 0 Å². The van der Waals surface area contributed by atoms with Crippen molar-refractivity contribution in [1.29, 1.82) is 0 Å². The van der Waals surface area contributed by atoms with E-state index in [4.69, 9.17) is 0 Å². The van der Waals surface area contributed by atoms with Gasteiger partial charge >= 0.3 is 0 Å². The first-order chi connectivity index (χ1) is 16.9. The molecule has 0 spiro atoms. The van der Waals surface area contributed by atoms with Crippen molar-refractivity contribution in [3.05, 3.63) is 93.5 Å². The molecule has 35 heavy (non-hydrogen) atoms. The van der Waals surface area contributed by atoms with Gasteiger partial charge in [-0.1, -0.05) is 42.0 Å². The highest BCUT2D eigenvalue weighted by atomic mass is 79.9. The van der Waals surface area contributed by atoms with Crippen LogP contribution in [0.25, 0.3) is 0 Å². The zero-order chi connectivity index (χ0) is 24.4. The largest absolute Gasteiger partial charge is 0.508 e. The van der Waals surface area contributed by atoms with Crippen LogP contribution in [0.2, 0.25) is 0 Å². The summed E-state index contributed by atoms with van der Waals surface area (Å²) in [6, 6.07) is 15.5. The van der Waals surface area contributed by atoms with E-state index in [1.54, 1.807) is 42.5 Å². The number of phenolic OH excluding ortho intramolecular Hbond substituents is 1. The number of fused-ring (bicyclic) bond motifs is 3. The third-order valence-corrected chi connectivity index (χ3v) is 8.14. The van der Waals surface area contributed by atoms with Gasteiger partial charge in [0.25, 0.3) is 0 Å². The molecule has 0 saturated carbocycles. The number of phenols is 1. The molecular weight excluding hydrogens is 510 g/mol. The Morgan fingerprint density at radius 1 is 0.914 bits per heavy atom. The second kappa shape index (κ2) is 7.99. The molecule has 1 aliphatic heterocycles. The number of anilines is 1. The normalized spacial score (nSPS) is 27.9. The standard InChI is InChI=1S/C28H20BrNO5/c29-21-13-22(32)25-20(26(21)33)12-19-17(23(25)14-5-4-8-16(31)11-14)9-10-18-24(19)28(35)30(27(18)34)15-6-2-1-3-7-15/h1-9,11,13,18-19,23-24,31H,10,12H2. The Kier molecular flexibility index (Phi) is 5.00. The molecule has 4 unspecified atom stereocenters. The summed E-state index contributed by atoms with van der Waals surface area (Å²) in [7, 11) is 0. The molecule has 1 heterocycles. The summed E-state index contributed by atoms with van der Waals surface area (Å²) in [6.07, 6.45) is 3.86. The lowest BCUT2D eigenvalue weighted by atomic mass is 9.59. The van der Waals surface area contributed by atoms with E-state index in [1.165, 1.54) is 11.0 Å². The zero-order valence-electron chi connectivity index (χ0n) is 18.5. The second-order valence-electron chi connectivity index (χ2n) is 9.34. The molecule has 3 aliphatic carbocycles. The van der Waals surface area contributed by atoms with E-state index in [-0.39, 0.29) is 40.0 Å². The zero-order valence-corrected chi connectivity index (χ0v) is 20.1. The van der Waals surface area contributed by atoms with Crippen LogP contribution in [0.4, 0.5) is 5.69 Å². The van der Waals surface area contributed by atoms with Gasteiger partial charge in [0, 0.05) is 23.1 Å². The Balaban J connectivity index is 1.50. The van der Waals surface area contributed by atoms with Crippen LogP contribution in [0.3, 0.4) is 0 Å². The first-order valence-electron chi connectivity index (χ1n) is 11.5. The molecule has 7 heteroatoms. The summed E-state index contributed by atoms with van der Waals surface area (Å²) in [6.45, 7) is 0. The minimum Gasteiger partial charge on any atom is -0.508 e. The number of hydrogen-bond donors (Lipinski definition) is 1. The van der Waals surface area contributed by atoms with Crippen molar-refractivity contribution in [2.24, 2.45) is 17.8 Å². The second-order valence-corrected chi connectivity index (χ2v) is 10.2. The van der Waals surface area contributed by atoms with Gasteiger partial charge in [-0.3, -0.25) is 24.1 Å². The predicted molar refractivity (Wildman–Crippen MR) is 132 cm³/mol. The summed E-state index contributed by atoms with van der Waals surface area (Å²) in [5, 5.41) is 10.2. The first kappa shape index (κ1) is 21.9. The van der Waals surface area contributed by atoms with Gasteiger partial charge in [-0.05, 0) is 64.5 Å². The fraction of sp³-hybridized carbons (Fsp3) is 0.214. The van der Waals surface area contributed by atoms with E-state index in [0.717, 1.165) is 5.57 Å². The van der Waals surface area contributed by atoms with Crippen molar-refractivity contribution in [2.45, 2.75) is 18.8 Å². The van der Waals surface area contributed by atoms with E-state index in [0.29, 0.717) is 28.8 Å². The van der Waals surface area contributed by atoms with Crippen LogP contribution in [-0.2, 0) is 19.2 Å². The Morgan fingerprint density at radius 3 is 2.43 bits per heavy atom. The molecule has 1 fully saturated rings. The predicted octanol–water partition coefficient (Wildman–Crippen LogP) is 4.36. The number of allylic oxidation sites excluding steroid dienone is 6. The van der Waals surface area contributed by atoms with Crippen molar-refractivity contribution in [3.63, 3.8) is 0 Å². The molecule has 0 aromatic heterocycles. The lowest BCUT2D eigenvalue weighted by molar-refractivity contribution is -0.123. The quantitative estimate of drug-likeness (QED) is 0.354. The SMILES string of the molecule is O=C1C=C(Br)C(=O)C2=C1C(c1cccc(O)c1)C1=CCC3C(=O)N(c4ccccc4)C(=O)C3C1C2. The molecule has 174 valence electrons. The molecular formula is C28H20BrNO5. The number of benzene rings is 2. The van der Waals surface area contributed by atoms with Crippen LogP contribution in [0.15, 0.2) is 88.0 Å². The molecule has 6 rings (SSSR count). The van der Waals surface area contributed by atoms with Crippen molar-refractivity contribution in [2.75, 3.05) is 4.90 Å². The number of para-hydroxylation sites is 1. The number of ketones is 2. The monoisotopic (exact) mass is 529 g/mol. The maximum atomic E-state index is 13.7. The highest BCUT2D eigenvalue weighted by Crippen LogP contribution is 2.55. The van der Waals surface area contributed by atoms with E-state index >= 15 is 0 Å². The Morgan fingerprint density at radius 2 is 1.69 bits per heavy atom. The number of halogens is 1. The molecule has 1 N–H and O–H groups in total. The van der Waals surface area contributed by atoms with Crippen LogP contribution in [-0.4, -0.2) is 28.5 Å². The van der Waals surface area contributed by atoms with Crippen molar-refractivity contribution >= 4 is 45.0 Å². The molecule has 0 bridgehead atoms. The van der Waals surface area contributed by atoms with Crippen LogP contribution in [0.1, 0.15) is 24.3 Å². The van der Waals surface area contributed by atoms with Gasteiger partial charge in [-0.15, -0.1) is 0 Å². The third-order valence-electron chi connectivity index (χ3n) is 7.55. The third kappa shape index (κ3) is 3.22. The van der Waals surface area contributed by atoms with Crippen LogP contribution in [0, 0.1) is 17.8 Å². The Labute approximate surface area is 209 Å². The number of aromatic hydroxyl groups is 1. The number of imide groups is 1. The van der Waals surface area contributed by atoms with Crippen LogP contribution < -0.4 is 4.90 Å². The fourth-order valence-corrected chi connectivity index (χ4v) is 6.57. The molecule has 0 radical (unpaired) electrons. The van der Waals surface area contributed by atoms with Crippen molar-refractivity contribution < 1.29 is 24.3 Å². The number of nitrogens with zero attached hydrogens (tertiary/aromatic N) is 1. The maximum Gasteiger partial charge on any atom is 0.238 e. The Hall–Kier alpha value is -3.58. The van der Waals surface area contributed by atoms with Gasteiger partial charge in [0.1, 0.15) is 5.75 Å². The molecule has 4 aliphatic rings. The number of carbonyl (C=O) groups is 4. The van der Waals surface area contributed by atoms with Crippen LogP contribution in [0.5, 0.6) is 5.75 Å². The highest BCUT2D eigenvalue weighted by molar-refractivity contribution is 9.12. The van der Waals surface area contributed by atoms with Crippen molar-refractivity contribution in [3.8, 4) is 5.75 Å². The summed E-state index contributed by atoms with van der Waals surface area (Å²) in [5.41, 5.74) is 2.84. The average molecular weight is 530 g/mol. The molecule has 2 aromatic rings. The lowest BCUT2D eigenvalue weighted by Crippen LogP contribution is -2.39. The summed E-state index contributed by atoms with van der Waals surface area (Å²) >= 11 is 3.22. The molecule has 4 atom stereocenters. The number of carbonyl (C=O) groups excluding carboxylic acids is 4. The van der Waals surface area contributed by atoms with Gasteiger partial charge in [-0.25, -0.2) is 0 Å². The van der Waals surface area contributed by atoms with Gasteiger partial charge < -0.3 is 5.11 Å². The Bertz CT molecular complexity index is 1420. The molecule has 2 aromatic carbocycles. The smallest absolute Gasteiger partial charge is 0.238 e. The summed E-state index contributed by atoms with van der Waals surface area (Å²) < 4.78 is 0.190. The summed E-state index contributed by atoms with van der Waals surface area (Å²) in [5.74, 6) is -3.11. The number of hydrogen-bond acceptors (Lipinski definition) is 5. The van der Waals surface area contributed by atoms with Crippen LogP contribution >= 0.6 is 15.9 Å². The average Bonchev–Trinajstić information content (AvgIpc) is 3.11. The van der Waals surface area contributed by atoms with Crippen molar-refractivity contribution in [1.82, 2.24) is 0 Å². The van der Waals surface area contributed by atoms with Gasteiger partial charge in [0.15, 0.2) is 11.6 Å². The van der Waals surface area contributed by atoms with Gasteiger partial charge in [0.2, 0.25) is 11.8 Å². The van der Waals surface area contributed by atoms with E-state index in [2.05, 4.69) is 15.9 Å². The summed E-state index contributed by atoms with van der Waals surface area (Å²) in [4.78, 5) is 54.7. The fourth-order valence-electron chi connectivity index (χ4n) is 6.12. The molecule has 2 amide bonds. The minimum absolute atomic E-state index is 0.0507. The number of Topliss-reactive ketones (excluding diaryl/α,β-unsaturated/α-hetero) is 1. The van der Waals surface area contributed by atoms with Gasteiger partial charge in [0.05, 0.1) is 22.0 Å². The minimum atomic E-state index is -0.621. The van der Waals surface area contributed by atoms with E-state index < -0.39 is 23.7 Å². The lowest BCUT2D eigenvalue weighted by Gasteiger charge is -2.42. The van der Waals surface area contributed by atoms with E-state index in [1.807, 2.05) is 18.2 Å². The molecule has 1 saturated heterocycles. The van der Waals surface area contributed by atoms with E-state index in [9.17, 15) is 24.3 Å². The first-order valence-corrected chi connectivity index (χ1v) is 12.3. The number of rotatable bonds is 2. The topological polar surface area (TPSA) is 91.8 Å². The number of amides is 2. The molecule has 6 nitrogen and oxygen atoms in total. The highest BCUT2D eigenvalue weighted by Gasteiger charge is 2.56.